The molecular weight excluding hydrogens is 230 g/mol. The van der Waals surface area contributed by atoms with Crippen LogP contribution in [-0.2, 0) is 0 Å². The number of rotatable bonds is 2. The number of hydrogen-bond donors (Lipinski definition) is 1. The number of hydrogen-bond acceptors (Lipinski definition) is 2. The molecule has 0 radical (unpaired) electrons. The van der Waals surface area contributed by atoms with E-state index < -0.39 is 0 Å². The van der Waals surface area contributed by atoms with Gasteiger partial charge < -0.3 is 10.2 Å². The SMILES string of the molecule is CC1(C)[C@@H](CN)[C@@H]1c1cc(Br)co1. The molecule has 1 aromatic heterocycles. The average Bonchev–Trinajstić information content (AvgIpc) is 2.41. The number of halogens is 1. The second-order valence-corrected chi connectivity index (χ2v) is 5.22. The third-order valence-corrected chi connectivity index (χ3v) is 3.61. The lowest BCUT2D eigenvalue weighted by Crippen LogP contribution is -2.05. The lowest BCUT2D eigenvalue weighted by atomic mass is 10.1. The Morgan fingerprint density at radius 3 is 2.69 bits per heavy atom. The number of nitrogens with two attached hydrogens (primary N) is 1. The highest BCUT2D eigenvalue weighted by Crippen LogP contribution is 2.64. The van der Waals surface area contributed by atoms with Gasteiger partial charge in [0.2, 0.25) is 0 Å². The van der Waals surface area contributed by atoms with Crippen molar-refractivity contribution >= 4 is 15.9 Å². The molecule has 2 N–H and O–H groups in total. The minimum absolute atomic E-state index is 0.312. The van der Waals surface area contributed by atoms with E-state index in [4.69, 9.17) is 10.2 Å². The molecule has 2 rings (SSSR count). The van der Waals surface area contributed by atoms with Crippen molar-refractivity contribution in [2.45, 2.75) is 19.8 Å². The second kappa shape index (κ2) is 2.85. The van der Waals surface area contributed by atoms with Crippen LogP contribution in [0.5, 0.6) is 0 Å². The monoisotopic (exact) mass is 243 g/mol. The van der Waals surface area contributed by atoms with Crippen LogP contribution in [0.1, 0.15) is 25.5 Å². The van der Waals surface area contributed by atoms with Crippen LogP contribution in [0, 0.1) is 11.3 Å². The molecule has 0 amide bonds. The minimum Gasteiger partial charge on any atom is -0.468 e. The van der Waals surface area contributed by atoms with Gasteiger partial charge in [0.05, 0.1) is 4.47 Å². The second-order valence-electron chi connectivity index (χ2n) is 4.31. The summed E-state index contributed by atoms with van der Waals surface area (Å²) in [6.45, 7) is 5.23. The van der Waals surface area contributed by atoms with Gasteiger partial charge in [-0.2, -0.15) is 0 Å². The Bertz CT molecular complexity index is 318. The van der Waals surface area contributed by atoms with E-state index in [0.29, 0.717) is 17.3 Å². The van der Waals surface area contributed by atoms with Crippen LogP contribution < -0.4 is 5.73 Å². The first kappa shape index (κ1) is 9.28. The summed E-state index contributed by atoms with van der Waals surface area (Å²) in [6, 6.07) is 2.04. The molecule has 1 heterocycles. The molecule has 0 bridgehead atoms. The third-order valence-electron chi connectivity index (χ3n) is 3.20. The van der Waals surface area contributed by atoms with Gasteiger partial charge in [-0.15, -0.1) is 0 Å². The van der Waals surface area contributed by atoms with Crippen molar-refractivity contribution in [3.8, 4) is 0 Å². The molecule has 1 aliphatic rings. The molecule has 0 saturated heterocycles. The lowest BCUT2D eigenvalue weighted by molar-refractivity contribution is 0.481. The molecule has 13 heavy (non-hydrogen) atoms. The van der Waals surface area contributed by atoms with Crippen LogP contribution in [0.4, 0.5) is 0 Å². The molecule has 1 saturated carbocycles. The zero-order valence-electron chi connectivity index (χ0n) is 7.88. The smallest absolute Gasteiger partial charge is 0.108 e. The van der Waals surface area contributed by atoms with Gasteiger partial charge in [-0.05, 0) is 39.9 Å². The highest BCUT2D eigenvalue weighted by Gasteiger charge is 2.58. The van der Waals surface area contributed by atoms with Gasteiger partial charge >= 0.3 is 0 Å². The highest BCUT2D eigenvalue weighted by molar-refractivity contribution is 9.10. The van der Waals surface area contributed by atoms with E-state index in [1.807, 2.05) is 6.07 Å². The fourth-order valence-electron chi connectivity index (χ4n) is 2.24. The molecule has 0 unspecified atom stereocenters. The Balaban J connectivity index is 2.21. The van der Waals surface area contributed by atoms with E-state index in [1.165, 1.54) is 0 Å². The maximum Gasteiger partial charge on any atom is 0.108 e. The Kier molecular flexibility index (Phi) is 2.04. The third kappa shape index (κ3) is 1.34. The Morgan fingerprint density at radius 1 is 1.62 bits per heavy atom. The predicted molar refractivity (Wildman–Crippen MR) is 55.5 cm³/mol. The van der Waals surface area contributed by atoms with E-state index >= 15 is 0 Å². The van der Waals surface area contributed by atoms with Crippen LogP contribution in [0.2, 0.25) is 0 Å². The Hall–Kier alpha value is -0.280. The van der Waals surface area contributed by atoms with Crippen molar-refractivity contribution in [1.82, 2.24) is 0 Å². The first-order valence-electron chi connectivity index (χ1n) is 4.51. The Labute approximate surface area is 86.6 Å². The van der Waals surface area contributed by atoms with Crippen LogP contribution in [0.15, 0.2) is 21.2 Å². The molecular formula is C10H14BrNO. The molecule has 72 valence electrons. The molecule has 0 aliphatic heterocycles. The van der Waals surface area contributed by atoms with E-state index in [1.54, 1.807) is 6.26 Å². The van der Waals surface area contributed by atoms with E-state index in [0.717, 1.165) is 16.8 Å². The van der Waals surface area contributed by atoms with Crippen LogP contribution >= 0.6 is 15.9 Å². The molecule has 3 heteroatoms. The first-order valence-corrected chi connectivity index (χ1v) is 5.30. The standard InChI is InChI=1S/C10H14BrNO/c1-10(2)7(4-12)9(10)8-3-6(11)5-13-8/h3,5,7,9H,4,12H2,1-2H3/t7-,9+/m0/s1. The van der Waals surface area contributed by atoms with Crippen LogP contribution in [0.25, 0.3) is 0 Å². The fraction of sp³-hybridized carbons (Fsp3) is 0.600. The van der Waals surface area contributed by atoms with E-state index in [-0.39, 0.29) is 0 Å². The average molecular weight is 244 g/mol. The molecule has 2 nitrogen and oxygen atoms in total. The molecule has 0 aromatic carbocycles. The summed E-state index contributed by atoms with van der Waals surface area (Å²) in [7, 11) is 0. The fourth-order valence-corrected chi connectivity index (χ4v) is 2.56. The van der Waals surface area contributed by atoms with Gasteiger partial charge in [0.1, 0.15) is 12.0 Å². The van der Waals surface area contributed by atoms with Gasteiger partial charge in [0.15, 0.2) is 0 Å². The molecule has 2 atom stereocenters. The van der Waals surface area contributed by atoms with E-state index in [2.05, 4.69) is 29.8 Å². The van der Waals surface area contributed by atoms with E-state index in [9.17, 15) is 0 Å². The molecule has 1 aromatic rings. The summed E-state index contributed by atoms with van der Waals surface area (Å²) in [4.78, 5) is 0. The predicted octanol–water partition coefficient (Wildman–Crippen LogP) is 2.74. The first-order chi connectivity index (χ1) is 6.07. The van der Waals surface area contributed by atoms with Gasteiger partial charge in [-0.3, -0.25) is 0 Å². The minimum atomic E-state index is 0.312. The maximum absolute atomic E-state index is 5.69. The van der Waals surface area contributed by atoms with Crippen molar-refractivity contribution in [2.75, 3.05) is 6.54 Å². The number of furan rings is 1. The zero-order valence-corrected chi connectivity index (χ0v) is 9.47. The summed E-state index contributed by atoms with van der Waals surface area (Å²) in [5.41, 5.74) is 6.00. The zero-order chi connectivity index (χ0) is 9.64. The van der Waals surface area contributed by atoms with Crippen molar-refractivity contribution in [3.63, 3.8) is 0 Å². The summed E-state index contributed by atoms with van der Waals surface area (Å²) >= 11 is 3.38. The summed E-state index contributed by atoms with van der Waals surface area (Å²) in [5.74, 6) is 2.14. The van der Waals surface area contributed by atoms with Crippen LogP contribution in [0.3, 0.4) is 0 Å². The topological polar surface area (TPSA) is 39.2 Å². The highest BCUT2D eigenvalue weighted by atomic mass is 79.9. The summed E-state index contributed by atoms with van der Waals surface area (Å²) in [5, 5.41) is 0. The molecule has 0 spiro atoms. The van der Waals surface area contributed by atoms with Crippen molar-refractivity contribution < 1.29 is 4.42 Å². The van der Waals surface area contributed by atoms with Gasteiger partial charge in [0.25, 0.3) is 0 Å². The van der Waals surface area contributed by atoms with Gasteiger partial charge in [-0.25, -0.2) is 0 Å². The van der Waals surface area contributed by atoms with Crippen molar-refractivity contribution in [2.24, 2.45) is 17.1 Å². The van der Waals surface area contributed by atoms with Crippen molar-refractivity contribution in [3.05, 3.63) is 22.6 Å². The maximum atomic E-state index is 5.69. The largest absolute Gasteiger partial charge is 0.468 e. The van der Waals surface area contributed by atoms with Crippen LogP contribution in [-0.4, -0.2) is 6.54 Å². The van der Waals surface area contributed by atoms with Crippen molar-refractivity contribution in [1.29, 1.82) is 0 Å². The normalized spacial score (nSPS) is 30.5. The molecule has 1 aliphatic carbocycles. The molecule has 1 fully saturated rings. The Morgan fingerprint density at radius 2 is 2.31 bits per heavy atom. The summed E-state index contributed by atoms with van der Waals surface area (Å²) in [6.07, 6.45) is 1.73. The van der Waals surface area contributed by atoms with Gasteiger partial charge in [-0.1, -0.05) is 13.8 Å². The lowest BCUT2D eigenvalue weighted by Gasteiger charge is -1.98. The summed E-state index contributed by atoms with van der Waals surface area (Å²) < 4.78 is 6.47. The van der Waals surface area contributed by atoms with Gasteiger partial charge in [0, 0.05) is 5.92 Å². The quantitative estimate of drug-likeness (QED) is 0.868.